The number of pyridine rings is 1. The molecule has 0 aromatic carbocycles. The van der Waals surface area contributed by atoms with E-state index in [4.69, 9.17) is 0 Å². The van der Waals surface area contributed by atoms with Crippen molar-refractivity contribution >= 4 is 5.65 Å². The third kappa shape index (κ3) is 1.60. The van der Waals surface area contributed by atoms with Crippen molar-refractivity contribution in [1.29, 1.82) is 0 Å². The van der Waals surface area contributed by atoms with E-state index in [1.165, 1.54) is 10.5 Å². The van der Waals surface area contributed by atoms with Crippen molar-refractivity contribution in [2.24, 2.45) is 0 Å². The molecule has 3 rings (SSSR count). The summed E-state index contributed by atoms with van der Waals surface area (Å²) in [7, 11) is 0. The molecule has 90 valence electrons. The summed E-state index contributed by atoms with van der Waals surface area (Å²) < 4.78 is 3.19. The van der Waals surface area contributed by atoms with Crippen LogP contribution in [-0.2, 0) is 0 Å². The fourth-order valence-corrected chi connectivity index (χ4v) is 2.01. The van der Waals surface area contributed by atoms with Gasteiger partial charge in [-0.1, -0.05) is 6.07 Å². The van der Waals surface area contributed by atoms with E-state index in [0.29, 0.717) is 11.5 Å². The highest BCUT2D eigenvalue weighted by molar-refractivity contribution is 5.42. The molecule has 3 aromatic rings. The Balaban J connectivity index is 2.31. The Morgan fingerprint density at radius 2 is 2.00 bits per heavy atom. The van der Waals surface area contributed by atoms with Gasteiger partial charge in [-0.05, 0) is 32.0 Å². The standard InChI is InChI=1S/C13H12N4O/c1-9-7-10(2)17(15-9)12-8-13(18)16-6-4-3-5-11(16)14-12/h3-8H,1-2H3. The normalized spacial score (nSPS) is 11.0. The second kappa shape index (κ2) is 3.80. The molecule has 0 fully saturated rings. The molecular weight excluding hydrogens is 228 g/mol. The van der Waals surface area contributed by atoms with Gasteiger partial charge in [-0.2, -0.15) is 5.10 Å². The van der Waals surface area contributed by atoms with Crippen LogP contribution >= 0.6 is 0 Å². The van der Waals surface area contributed by atoms with Crippen molar-refractivity contribution in [3.05, 3.63) is 58.3 Å². The average Bonchev–Trinajstić information content (AvgIpc) is 2.68. The van der Waals surface area contributed by atoms with Gasteiger partial charge in [0, 0.05) is 18.0 Å². The molecule has 0 saturated heterocycles. The molecule has 0 bridgehead atoms. The topological polar surface area (TPSA) is 52.2 Å². The Morgan fingerprint density at radius 1 is 1.17 bits per heavy atom. The van der Waals surface area contributed by atoms with Crippen molar-refractivity contribution in [3.63, 3.8) is 0 Å². The van der Waals surface area contributed by atoms with Crippen molar-refractivity contribution in [2.75, 3.05) is 0 Å². The molecule has 0 aliphatic heterocycles. The summed E-state index contributed by atoms with van der Waals surface area (Å²) in [6.07, 6.45) is 1.70. The van der Waals surface area contributed by atoms with Crippen molar-refractivity contribution in [1.82, 2.24) is 19.2 Å². The SMILES string of the molecule is Cc1cc(C)n(-c2cc(=O)n3ccccc3n2)n1. The summed E-state index contributed by atoms with van der Waals surface area (Å²) in [5, 5.41) is 4.33. The lowest BCUT2D eigenvalue weighted by Gasteiger charge is -2.05. The second-order valence-electron chi connectivity index (χ2n) is 4.22. The number of hydrogen-bond donors (Lipinski definition) is 0. The minimum Gasteiger partial charge on any atom is -0.269 e. The molecule has 0 spiro atoms. The number of aryl methyl sites for hydroxylation is 2. The lowest BCUT2D eigenvalue weighted by Crippen LogP contribution is -2.16. The third-order valence-corrected chi connectivity index (χ3v) is 2.78. The molecular formula is C13H12N4O. The summed E-state index contributed by atoms with van der Waals surface area (Å²) in [6, 6.07) is 8.91. The van der Waals surface area contributed by atoms with E-state index >= 15 is 0 Å². The zero-order chi connectivity index (χ0) is 12.7. The van der Waals surface area contributed by atoms with Gasteiger partial charge in [0.1, 0.15) is 5.65 Å². The Bertz CT molecular complexity index is 785. The van der Waals surface area contributed by atoms with Crippen LogP contribution in [0.4, 0.5) is 0 Å². The van der Waals surface area contributed by atoms with Crippen LogP contribution in [0.25, 0.3) is 11.5 Å². The monoisotopic (exact) mass is 240 g/mol. The molecule has 0 aliphatic carbocycles. The fraction of sp³-hybridized carbons (Fsp3) is 0.154. The molecule has 0 aliphatic rings. The fourth-order valence-electron chi connectivity index (χ4n) is 2.01. The van der Waals surface area contributed by atoms with Crippen LogP contribution in [0.1, 0.15) is 11.4 Å². The highest BCUT2D eigenvalue weighted by atomic mass is 16.1. The van der Waals surface area contributed by atoms with Crippen LogP contribution in [-0.4, -0.2) is 19.2 Å². The first-order valence-corrected chi connectivity index (χ1v) is 5.67. The van der Waals surface area contributed by atoms with Gasteiger partial charge in [-0.25, -0.2) is 9.67 Å². The summed E-state index contributed by atoms with van der Waals surface area (Å²) in [6.45, 7) is 3.85. The van der Waals surface area contributed by atoms with Crippen molar-refractivity contribution in [2.45, 2.75) is 13.8 Å². The van der Waals surface area contributed by atoms with E-state index in [0.717, 1.165) is 11.4 Å². The number of nitrogens with zero attached hydrogens (tertiary/aromatic N) is 4. The first kappa shape index (κ1) is 10.7. The Hall–Kier alpha value is -2.43. The van der Waals surface area contributed by atoms with Crippen molar-refractivity contribution < 1.29 is 0 Å². The molecule has 3 heterocycles. The molecule has 0 saturated carbocycles. The first-order valence-electron chi connectivity index (χ1n) is 5.67. The summed E-state index contributed by atoms with van der Waals surface area (Å²) >= 11 is 0. The van der Waals surface area contributed by atoms with Gasteiger partial charge in [0.05, 0.1) is 5.69 Å². The molecule has 5 heteroatoms. The van der Waals surface area contributed by atoms with Gasteiger partial charge < -0.3 is 0 Å². The Morgan fingerprint density at radius 3 is 2.72 bits per heavy atom. The van der Waals surface area contributed by atoms with Crippen LogP contribution in [0, 0.1) is 13.8 Å². The van der Waals surface area contributed by atoms with E-state index in [-0.39, 0.29) is 5.56 Å². The molecule has 5 nitrogen and oxygen atoms in total. The maximum atomic E-state index is 12.0. The van der Waals surface area contributed by atoms with Gasteiger partial charge in [0.15, 0.2) is 5.82 Å². The second-order valence-corrected chi connectivity index (χ2v) is 4.22. The van der Waals surface area contributed by atoms with Crippen LogP contribution in [0.2, 0.25) is 0 Å². The minimum absolute atomic E-state index is 0.108. The van der Waals surface area contributed by atoms with E-state index < -0.39 is 0 Å². The van der Waals surface area contributed by atoms with E-state index in [1.807, 2.05) is 26.0 Å². The molecule has 0 amide bonds. The molecule has 18 heavy (non-hydrogen) atoms. The lowest BCUT2D eigenvalue weighted by atomic mass is 10.4. The number of fused-ring (bicyclic) bond motifs is 1. The summed E-state index contributed by atoms with van der Waals surface area (Å²) in [5.41, 5.74) is 2.37. The number of hydrogen-bond acceptors (Lipinski definition) is 3. The summed E-state index contributed by atoms with van der Waals surface area (Å²) in [4.78, 5) is 16.4. The van der Waals surface area contributed by atoms with Gasteiger partial charge in [0.2, 0.25) is 0 Å². The van der Waals surface area contributed by atoms with Crippen LogP contribution < -0.4 is 5.56 Å². The van der Waals surface area contributed by atoms with Gasteiger partial charge in [0.25, 0.3) is 5.56 Å². The third-order valence-electron chi connectivity index (χ3n) is 2.78. The maximum absolute atomic E-state index is 12.0. The highest BCUT2D eigenvalue weighted by Gasteiger charge is 2.07. The van der Waals surface area contributed by atoms with Gasteiger partial charge in [-0.3, -0.25) is 9.20 Å². The zero-order valence-corrected chi connectivity index (χ0v) is 10.2. The number of aromatic nitrogens is 4. The van der Waals surface area contributed by atoms with Crippen LogP contribution in [0.5, 0.6) is 0 Å². The Labute approximate surface area is 103 Å². The smallest absolute Gasteiger partial charge is 0.260 e. The van der Waals surface area contributed by atoms with E-state index in [1.54, 1.807) is 23.0 Å². The predicted octanol–water partition coefficient (Wildman–Crippen LogP) is 1.50. The highest BCUT2D eigenvalue weighted by Crippen LogP contribution is 2.09. The molecule has 0 atom stereocenters. The maximum Gasteiger partial charge on any atom is 0.260 e. The summed E-state index contributed by atoms with van der Waals surface area (Å²) in [5.74, 6) is 0.553. The van der Waals surface area contributed by atoms with E-state index in [9.17, 15) is 4.79 Å². The van der Waals surface area contributed by atoms with E-state index in [2.05, 4.69) is 10.1 Å². The van der Waals surface area contributed by atoms with Crippen molar-refractivity contribution in [3.8, 4) is 5.82 Å². The zero-order valence-electron chi connectivity index (χ0n) is 10.2. The first-order chi connectivity index (χ1) is 8.65. The number of rotatable bonds is 1. The van der Waals surface area contributed by atoms with Gasteiger partial charge >= 0.3 is 0 Å². The molecule has 0 unspecified atom stereocenters. The molecule has 3 aromatic heterocycles. The van der Waals surface area contributed by atoms with Crippen LogP contribution in [0.3, 0.4) is 0 Å². The average molecular weight is 240 g/mol. The van der Waals surface area contributed by atoms with Gasteiger partial charge in [-0.15, -0.1) is 0 Å². The largest absolute Gasteiger partial charge is 0.269 e. The molecule has 0 N–H and O–H groups in total. The van der Waals surface area contributed by atoms with Crippen LogP contribution in [0.15, 0.2) is 41.3 Å². The minimum atomic E-state index is -0.108. The predicted molar refractivity (Wildman–Crippen MR) is 68.1 cm³/mol. The quantitative estimate of drug-likeness (QED) is 0.647. The lowest BCUT2D eigenvalue weighted by molar-refractivity contribution is 0.799. The molecule has 0 radical (unpaired) electrons. The Kier molecular flexibility index (Phi) is 2.26.